The lowest BCUT2D eigenvalue weighted by molar-refractivity contribution is 0.0661. The van der Waals surface area contributed by atoms with Crippen molar-refractivity contribution in [2.24, 2.45) is 0 Å². The van der Waals surface area contributed by atoms with E-state index in [0.717, 1.165) is 25.0 Å². The number of rotatable bonds is 5. The molecule has 0 aliphatic carbocycles. The number of hydrogen-bond donors (Lipinski definition) is 1. The zero-order valence-electron chi connectivity index (χ0n) is 12.5. The maximum atomic E-state index is 14.0. The third-order valence-corrected chi connectivity index (χ3v) is 3.30. The SMILES string of the molecule is CC(C)(C)NCc1cccc(F)c1OCC1CCCO1. The van der Waals surface area contributed by atoms with Gasteiger partial charge in [-0.2, -0.15) is 0 Å². The van der Waals surface area contributed by atoms with Gasteiger partial charge in [0.05, 0.1) is 6.10 Å². The van der Waals surface area contributed by atoms with E-state index in [-0.39, 0.29) is 17.5 Å². The Hall–Kier alpha value is -1.13. The van der Waals surface area contributed by atoms with Crippen LogP contribution in [0.5, 0.6) is 5.75 Å². The van der Waals surface area contributed by atoms with Gasteiger partial charge in [-0.05, 0) is 39.7 Å². The van der Waals surface area contributed by atoms with Crippen LogP contribution in [-0.4, -0.2) is 24.9 Å². The van der Waals surface area contributed by atoms with Crippen molar-refractivity contribution in [2.45, 2.75) is 51.8 Å². The number of benzene rings is 1. The minimum atomic E-state index is -0.309. The van der Waals surface area contributed by atoms with Gasteiger partial charge in [0.15, 0.2) is 11.6 Å². The molecular weight excluding hydrogens is 257 g/mol. The Morgan fingerprint density at radius 2 is 2.20 bits per heavy atom. The quantitative estimate of drug-likeness (QED) is 0.898. The molecule has 1 aliphatic heterocycles. The van der Waals surface area contributed by atoms with Crippen LogP contribution in [0.4, 0.5) is 4.39 Å². The predicted octanol–water partition coefficient (Wildman–Crippen LogP) is 3.27. The summed E-state index contributed by atoms with van der Waals surface area (Å²) >= 11 is 0. The molecule has 0 radical (unpaired) electrons. The standard InChI is InChI=1S/C16H24FNO2/c1-16(2,3)18-10-12-6-4-8-14(17)15(12)20-11-13-7-5-9-19-13/h4,6,8,13,18H,5,7,9-11H2,1-3H3. The van der Waals surface area contributed by atoms with Gasteiger partial charge in [-0.3, -0.25) is 0 Å². The number of para-hydroxylation sites is 1. The lowest BCUT2D eigenvalue weighted by atomic mass is 10.1. The monoisotopic (exact) mass is 281 g/mol. The molecule has 3 nitrogen and oxygen atoms in total. The molecule has 0 bridgehead atoms. The van der Waals surface area contributed by atoms with Crippen LogP contribution in [0.2, 0.25) is 0 Å². The summed E-state index contributed by atoms with van der Waals surface area (Å²) in [7, 11) is 0. The molecule has 1 saturated heterocycles. The first-order chi connectivity index (χ1) is 9.46. The van der Waals surface area contributed by atoms with Crippen molar-refractivity contribution in [3.05, 3.63) is 29.6 Å². The normalized spacial score (nSPS) is 19.3. The molecule has 1 aromatic rings. The molecule has 0 saturated carbocycles. The van der Waals surface area contributed by atoms with E-state index in [9.17, 15) is 4.39 Å². The van der Waals surface area contributed by atoms with Gasteiger partial charge in [0.2, 0.25) is 0 Å². The van der Waals surface area contributed by atoms with Gasteiger partial charge in [0.1, 0.15) is 6.61 Å². The average Bonchev–Trinajstić information content (AvgIpc) is 2.87. The molecule has 1 heterocycles. The Bertz CT molecular complexity index is 437. The number of ether oxygens (including phenoxy) is 2. The lowest BCUT2D eigenvalue weighted by Gasteiger charge is -2.22. The average molecular weight is 281 g/mol. The maximum Gasteiger partial charge on any atom is 0.165 e. The van der Waals surface area contributed by atoms with E-state index in [1.807, 2.05) is 6.07 Å². The number of hydrogen-bond acceptors (Lipinski definition) is 3. The first kappa shape index (κ1) is 15.3. The van der Waals surface area contributed by atoms with Gasteiger partial charge in [0.25, 0.3) is 0 Å². The molecule has 2 rings (SSSR count). The summed E-state index contributed by atoms with van der Waals surface area (Å²) in [5, 5.41) is 3.36. The van der Waals surface area contributed by atoms with Gasteiger partial charge in [-0.1, -0.05) is 12.1 Å². The summed E-state index contributed by atoms with van der Waals surface area (Å²) in [4.78, 5) is 0. The van der Waals surface area contributed by atoms with Crippen molar-refractivity contribution in [3.63, 3.8) is 0 Å². The van der Waals surface area contributed by atoms with E-state index in [0.29, 0.717) is 18.9 Å². The molecule has 112 valence electrons. The minimum Gasteiger partial charge on any atom is -0.487 e. The van der Waals surface area contributed by atoms with Gasteiger partial charge in [-0.15, -0.1) is 0 Å². The smallest absolute Gasteiger partial charge is 0.165 e. The van der Waals surface area contributed by atoms with Crippen molar-refractivity contribution in [3.8, 4) is 5.75 Å². The van der Waals surface area contributed by atoms with Crippen LogP contribution in [0.25, 0.3) is 0 Å². The summed E-state index contributed by atoms with van der Waals surface area (Å²) < 4.78 is 25.1. The number of nitrogens with one attached hydrogen (secondary N) is 1. The second-order valence-corrected chi connectivity index (χ2v) is 6.28. The summed E-state index contributed by atoms with van der Waals surface area (Å²) in [6.07, 6.45) is 2.14. The highest BCUT2D eigenvalue weighted by Gasteiger charge is 2.19. The first-order valence-corrected chi connectivity index (χ1v) is 7.22. The first-order valence-electron chi connectivity index (χ1n) is 7.22. The van der Waals surface area contributed by atoms with E-state index in [2.05, 4.69) is 26.1 Å². The molecule has 4 heteroatoms. The highest BCUT2D eigenvalue weighted by molar-refractivity contribution is 5.35. The van der Waals surface area contributed by atoms with Crippen LogP contribution in [-0.2, 0) is 11.3 Å². The van der Waals surface area contributed by atoms with Crippen molar-refractivity contribution in [2.75, 3.05) is 13.2 Å². The fourth-order valence-electron chi connectivity index (χ4n) is 2.17. The van der Waals surface area contributed by atoms with Crippen LogP contribution >= 0.6 is 0 Å². The van der Waals surface area contributed by atoms with Crippen molar-refractivity contribution in [1.82, 2.24) is 5.32 Å². The van der Waals surface area contributed by atoms with E-state index in [1.165, 1.54) is 6.07 Å². The second kappa shape index (κ2) is 6.55. The van der Waals surface area contributed by atoms with E-state index < -0.39 is 0 Å². The summed E-state index contributed by atoms with van der Waals surface area (Å²) in [5.74, 6) is 0.0379. The van der Waals surface area contributed by atoms with Gasteiger partial charge in [-0.25, -0.2) is 4.39 Å². The summed E-state index contributed by atoms with van der Waals surface area (Å²) in [6, 6.07) is 5.05. The molecule has 0 spiro atoms. The van der Waals surface area contributed by atoms with Crippen molar-refractivity contribution in [1.29, 1.82) is 0 Å². The van der Waals surface area contributed by atoms with E-state index >= 15 is 0 Å². The van der Waals surface area contributed by atoms with Crippen LogP contribution in [0, 0.1) is 5.82 Å². The van der Waals surface area contributed by atoms with Gasteiger partial charge < -0.3 is 14.8 Å². The molecular formula is C16H24FNO2. The third-order valence-electron chi connectivity index (χ3n) is 3.30. The molecule has 1 aromatic carbocycles. The lowest BCUT2D eigenvalue weighted by Crippen LogP contribution is -2.35. The third kappa shape index (κ3) is 4.46. The van der Waals surface area contributed by atoms with Crippen LogP contribution < -0.4 is 10.1 Å². The molecule has 0 amide bonds. The fourth-order valence-corrected chi connectivity index (χ4v) is 2.17. The van der Waals surface area contributed by atoms with E-state index in [4.69, 9.17) is 9.47 Å². The Morgan fingerprint density at radius 1 is 1.40 bits per heavy atom. The van der Waals surface area contributed by atoms with Crippen LogP contribution in [0.3, 0.4) is 0 Å². The summed E-state index contributed by atoms with van der Waals surface area (Å²) in [5.41, 5.74) is 0.830. The predicted molar refractivity (Wildman–Crippen MR) is 77.5 cm³/mol. The van der Waals surface area contributed by atoms with Crippen molar-refractivity contribution < 1.29 is 13.9 Å². The highest BCUT2D eigenvalue weighted by Crippen LogP contribution is 2.24. The molecule has 20 heavy (non-hydrogen) atoms. The van der Waals surface area contributed by atoms with Crippen LogP contribution in [0.15, 0.2) is 18.2 Å². The molecule has 1 N–H and O–H groups in total. The molecule has 0 aromatic heterocycles. The maximum absolute atomic E-state index is 14.0. The summed E-state index contributed by atoms with van der Waals surface area (Å²) in [6.45, 7) is 8.03. The largest absolute Gasteiger partial charge is 0.487 e. The Kier molecular flexibility index (Phi) is 5.00. The Balaban J connectivity index is 2.01. The van der Waals surface area contributed by atoms with Crippen LogP contribution in [0.1, 0.15) is 39.2 Å². The molecule has 1 unspecified atom stereocenters. The van der Waals surface area contributed by atoms with Crippen molar-refractivity contribution >= 4 is 0 Å². The number of halogens is 1. The zero-order chi connectivity index (χ0) is 14.6. The molecule has 1 fully saturated rings. The molecule has 1 aliphatic rings. The van der Waals surface area contributed by atoms with E-state index in [1.54, 1.807) is 6.07 Å². The minimum absolute atomic E-state index is 0.0157. The highest BCUT2D eigenvalue weighted by atomic mass is 19.1. The topological polar surface area (TPSA) is 30.5 Å². The second-order valence-electron chi connectivity index (χ2n) is 6.28. The molecule has 1 atom stereocenters. The Morgan fingerprint density at radius 3 is 2.85 bits per heavy atom. The Labute approximate surface area is 120 Å². The van der Waals surface area contributed by atoms with Gasteiger partial charge in [0, 0.05) is 24.3 Å². The zero-order valence-corrected chi connectivity index (χ0v) is 12.5. The fraction of sp³-hybridized carbons (Fsp3) is 0.625. The van der Waals surface area contributed by atoms with Gasteiger partial charge >= 0.3 is 0 Å².